The minimum atomic E-state index is 0.222. The maximum Gasteiger partial charge on any atom is 0.122 e. The molecule has 1 atom stereocenters. The molecule has 2 nitrogen and oxygen atoms in total. The average molecular weight is 297 g/mol. The minimum absolute atomic E-state index is 0.222. The molecular formula is C20H27NO. The molecule has 0 amide bonds. The maximum absolute atomic E-state index is 6.07. The Bertz CT molecular complexity index is 580. The van der Waals surface area contributed by atoms with E-state index in [1.54, 1.807) is 0 Å². The van der Waals surface area contributed by atoms with Crippen LogP contribution in [0.5, 0.6) is 5.75 Å². The SMILES string of the molecule is Cc1ccc(OC(C)CCN(C)Cc2ccccc2)c(C)c1. The first-order chi connectivity index (χ1) is 10.5. The molecular weight excluding hydrogens is 270 g/mol. The van der Waals surface area contributed by atoms with Gasteiger partial charge in [0, 0.05) is 13.1 Å². The van der Waals surface area contributed by atoms with Gasteiger partial charge in [0.15, 0.2) is 0 Å². The number of aryl methyl sites for hydroxylation is 2. The van der Waals surface area contributed by atoms with Gasteiger partial charge in [-0.05, 0) is 51.4 Å². The fraction of sp³-hybridized carbons (Fsp3) is 0.400. The molecule has 0 aliphatic heterocycles. The fourth-order valence-corrected chi connectivity index (χ4v) is 2.58. The van der Waals surface area contributed by atoms with Crippen LogP contribution in [-0.4, -0.2) is 24.6 Å². The monoisotopic (exact) mass is 297 g/mol. The van der Waals surface area contributed by atoms with Gasteiger partial charge in [-0.25, -0.2) is 0 Å². The van der Waals surface area contributed by atoms with Crippen molar-refractivity contribution in [2.45, 2.75) is 39.8 Å². The summed E-state index contributed by atoms with van der Waals surface area (Å²) in [6.07, 6.45) is 1.25. The molecule has 2 heteroatoms. The second-order valence-electron chi connectivity index (χ2n) is 6.21. The van der Waals surface area contributed by atoms with Crippen molar-refractivity contribution in [1.82, 2.24) is 4.90 Å². The molecule has 0 bridgehead atoms. The first-order valence-electron chi connectivity index (χ1n) is 8.01. The van der Waals surface area contributed by atoms with Crippen LogP contribution in [0.2, 0.25) is 0 Å². The zero-order valence-electron chi connectivity index (χ0n) is 14.2. The number of hydrogen-bond acceptors (Lipinski definition) is 2. The van der Waals surface area contributed by atoms with Crippen LogP contribution < -0.4 is 4.74 Å². The van der Waals surface area contributed by atoms with E-state index < -0.39 is 0 Å². The first kappa shape index (κ1) is 16.6. The molecule has 0 aliphatic rings. The highest BCUT2D eigenvalue weighted by Crippen LogP contribution is 2.20. The minimum Gasteiger partial charge on any atom is -0.490 e. The van der Waals surface area contributed by atoms with Crippen molar-refractivity contribution in [3.8, 4) is 5.75 Å². The van der Waals surface area contributed by atoms with Gasteiger partial charge >= 0.3 is 0 Å². The zero-order chi connectivity index (χ0) is 15.9. The molecule has 118 valence electrons. The molecule has 1 unspecified atom stereocenters. The summed E-state index contributed by atoms with van der Waals surface area (Å²) in [7, 11) is 2.16. The second kappa shape index (κ2) is 8.00. The Morgan fingerprint density at radius 2 is 1.77 bits per heavy atom. The van der Waals surface area contributed by atoms with E-state index in [2.05, 4.69) is 81.2 Å². The topological polar surface area (TPSA) is 12.5 Å². The Morgan fingerprint density at radius 3 is 2.45 bits per heavy atom. The highest BCUT2D eigenvalue weighted by atomic mass is 16.5. The fourth-order valence-electron chi connectivity index (χ4n) is 2.58. The predicted octanol–water partition coefficient (Wildman–Crippen LogP) is 4.59. The van der Waals surface area contributed by atoms with Crippen molar-refractivity contribution < 1.29 is 4.74 Å². The molecule has 22 heavy (non-hydrogen) atoms. The van der Waals surface area contributed by atoms with Crippen molar-refractivity contribution >= 4 is 0 Å². The van der Waals surface area contributed by atoms with Gasteiger partial charge in [0.2, 0.25) is 0 Å². The third-order valence-corrected chi connectivity index (χ3v) is 3.87. The lowest BCUT2D eigenvalue weighted by Crippen LogP contribution is -2.24. The molecule has 0 aromatic heterocycles. The van der Waals surface area contributed by atoms with Crippen LogP contribution in [0.25, 0.3) is 0 Å². The Labute approximate surface area is 134 Å². The van der Waals surface area contributed by atoms with Gasteiger partial charge in [0.25, 0.3) is 0 Å². The van der Waals surface area contributed by atoms with E-state index in [1.165, 1.54) is 16.7 Å². The summed E-state index contributed by atoms with van der Waals surface area (Å²) in [4.78, 5) is 2.34. The van der Waals surface area contributed by atoms with E-state index in [0.29, 0.717) is 0 Å². The lowest BCUT2D eigenvalue weighted by Gasteiger charge is -2.21. The zero-order valence-corrected chi connectivity index (χ0v) is 14.2. The van der Waals surface area contributed by atoms with Crippen molar-refractivity contribution in [3.05, 3.63) is 65.2 Å². The number of rotatable bonds is 7. The van der Waals surface area contributed by atoms with Crippen LogP contribution in [0.3, 0.4) is 0 Å². The van der Waals surface area contributed by atoms with Crippen LogP contribution in [0.15, 0.2) is 48.5 Å². The molecule has 2 aromatic rings. The van der Waals surface area contributed by atoms with E-state index in [-0.39, 0.29) is 6.10 Å². The normalized spacial score (nSPS) is 12.4. The van der Waals surface area contributed by atoms with Gasteiger partial charge < -0.3 is 9.64 Å². The van der Waals surface area contributed by atoms with E-state index in [1.807, 2.05) is 0 Å². The smallest absolute Gasteiger partial charge is 0.122 e. The highest BCUT2D eigenvalue weighted by molar-refractivity contribution is 5.35. The van der Waals surface area contributed by atoms with Crippen molar-refractivity contribution in [3.63, 3.8) is 0 Å². The Kier molecular flexibility index (Phi) is 6.02. The van der Waals surface area contributed by atoms with E-state index in [9.17, 15) is 0 Å². The maximum atomic E-state index is 6.07. The molecule has 0 radical (unpaired) electrons. The van der Waals surface area contributed by atoms with Gasteiger partial charge in [-0.1, -0.05) is 48.0 Å². The predicted molar refractivity (Wildman–Crippen MR) is 93.4 cm³/mol. The molecule has 2 rings (SSSR count). The van der Waals surface area contributed by atoms with Crippen LogP contribution in [0.4, 0.5) is 0 Å². The van der Waals surface area contributed by atoms with Crippen LogP contribution >= 0.6 is 0 Å². The molecule has 0 saturated heterocycles. The summed E-state index contributed by atoms with van der Waals surface area (Å²) in [6, 6.07) is 16.9. The van der Waals surface area contributed by atoms with Gasteiger partial charge in [-0.3, -0.25) is 0 Å². The van der Waals surface area contributed by atoms with Crippen LogP contribution in [0, 0.1) is 13.8 Å². The Hall–Kier alpha value is -1.80. The summed E-state index contributed by atoms with van der Waals surface area (Å²) in [5, 5.41) is 0. The number of nitrogens with zero attached hydrogens (tertiary/aromatic N) is 1. The molecule has 0 spiro atoms. The average Bonchev–Trinajstić information content (AvgIpc) is 2.49. The Balaban J connectivity index is 1.78. The largest absolute Gasteiger partial charge is 0.490 e. The highest BCUT2D eigenvalue weighted by Gasteiger charge is 2.08. The summed E-state index contributed by atoms with van der Waals surface area (Å²) >= 11 is 0. The molecule has 0 aliphatic carbocycles. The lowest BCUT2D eigenvalue weighted by atomic mass is 10.1. The van der Waals surface area contributed by atoms with E-state index in [0.717, 1.165) is 25.3 Å². The van der Waals surface area contributed by atoms with Gasteiger partial charge in [-0.2, -0.15) is 0 Å². The van der Waals surface area contributed by atoms with Crippen molar-refractivity contribution in [2.75, 3.05) is 13.6 Å². The number of hydrogen-bond donors (Lipinski definition) is 0. The molecule has 0 N–H and O–H groups in total. The van der Waals surface area contributed by atoms with E-state index in [4.69, 9.17) is 4.74 Å². The van der Waals surface area contributed by atoms with Crippen molar-refractivity contribution in [2.24, 2.45) is 0 Å². The first-order valence-corrected chi connectivity index (χ1v) is 8.01. The Morgan fingerprint density at radius 1 is 1.05 bits per heavy atom. The summed E-state index contributed by atoms with van der Waals surface area (Å²) in [6.45, 7) is 8.38. The van der Waals surface area contributed by atoms with Gasteiger partial charge in [-0.15, -0.1) is 0 Å². The van der Waals surface area contributed by atoms with E-state index >= 15 is 0 Å². The van der Waals surface area contributed by atoms with Gasteiger partial charge in [0.05, 0.1) is 6.10 Å². The van der Waals surface area contributed by atoms with Crippen LogP contribution in [-0.2, 0) is 6.54 Å². The molecule has 0 fully saturated rings. The third kappa shape index (κ3) is 5.19. The summed E-state index contributed by atoms with van der Waals surface area (Å²) < 4.78 is 6.07. The summed E-state index contributed by atoms with van der Waals surface area (Å²) in [5.74, 6) is 1.00. The van der Waals surface area contributed by atoms with Crippen molar-refractivity contribution in [1.29, 1.82) is 0 Å². The summed E-state index contributed by atoms with van der Waals surface area (Å²) in [5.41, 5.74) is 3.84. The lowest BCUT2D eigenvalue weighted by molar-refractivity contribution is 0.184. The molecule has 0 saturated carbocycles. The molecule has 0 heterocycles. The standard InChI is InChI=1S/C20H27NO/c1-16-10-11-20(17(2)14-16)22-18(3)12-13-21(4)15-19-8-6-5-7-9-19/h5-11,14,18H,12-13,15H2,1-4H3. The van der Waals surface area contributed by atoms with Gasteiger partial charge in [0.1, 0.15) is 5.75 Å². The number of benzene rings is 2. The molecule has 2 aromatic carbocycles. The third-order valence-electron chi connectivity index (χ3n) is 3.87. The second-order valence-corrected chi connectivity index (χ2v) is 6.21. The quantitative estimate of drug-likeness (QED) is 0.741. The number of ether oxygens (including phenoxy) is 1. The van der Waals surface area contributed by atoms with Crippen LogP contribution in [0.1, 0.15) is 30.0 Å².